The summed E-state index contributed by atoms with van der Waals surface area (Å²) in [6.45, 7) is 8.84. The van der Waals surface area contributed by atoms with Gasteiger partial charge in [0.2, 0.25) is 0 Å². The number of nitrogens with one attached hydrogen (secondary N) is 3. The summed E-state index contributed by atoms with van der Waals surface area (Å²) < 4.78 is 0. The molecule has 0 radical (unpaired) electrons. The summed E-state index contributed by atoms with van der Waals surface area (Å²) in [6, 6.07) is 6.31. The van der Waals surface area contributed by atoms with Gasteiger partial charge in [-0.3, -0.25) is 9.79 Å². The predicted molar refractivity (Wildman–Crippen MR) is 114 cm³/mol. The summed E-state index contributed by atoms with van der Waals surface area (Å²) in [6.07, 6.45) is 1.59. The molecule has 0 aliphatic heterocycles. The van der Waals surface area contributed by atoms with Crippen LogP contribution < -0.4 is 16.0 Å². The van der Waals surface area contributed by atoms with Crippen molar-refractivity contribution in [3.63, 3.8) is 0 Å². The number of nitrogens with zero attached hydrogens (tertiary/aromatic N) is 2. The van der Waals surface area contributed by atoms with E-state index in [-0.39, 0.29) is 11.7 Å². The molecular weight excluding hydrogens is 374 g/mol. The quantitative estimate of drug-likeness (QED) is 0.293. The highest BCUT2D eigenvalue weighted by Gasteiger charge is 2.06. The number of aryl methyl sites for hydroxylation is 2. The molecule has 2 rings (SSSR count). The molecule has 1 aromatic heterocycles. The van der Waals surface area contributed by atoms with Crippen molar-refractivity contribution in [3.8, 4) is 5.75 Å². The lowest BCUT2D eigenvalue weighted by molar-refractivity contribution is 0.0953. The highest BCUT2D eigenvalue weighted by Crippen LogP contribution is 2.16. The Balaban J connectivity index is 1.70. The Morgan fingerprint density at radius 1 is 1.21 bits per heavy atom. The molecule has 1 amide bonds. The molecular formula is C20H29N5O2S. The number of hydrogen-bond acceptors (Lipinski definition) is 5. The molecule has 0 atom stereocenters. The summed E-state index contributed by atoms with van der Waals surface area (Å²) in [5.41, 5.74) is 1.56. The van der Waals surface area contributed by atoms with Crippen LogP contribution in [0.25, 0.3) is 0 Å². The average molecular weight is 404 g/mol. The molecule has 0 aliphatic carbocycles. The van der Waals surface area contributed by atoms with Crippen molar-refractivity contribution in [2.45, 2.75) is 33.6 Å². The molecule has 0 saturated carbocycles. The fraction of sp³-hybridized carbons (Fsp3) is 0.450. The molecule has 0 spiro atoms. The molecule has 1 heterocycles. The largest absolute Gasteiger partial charge is 0.508 e. The molecule has 152 valence electrons. The maximum Gasteiger partial charge on any atom is 0.251 e. The average Bonchev–Trinajstić information content (AvgIpc) is 2.98. The lowest BCUT2D eigenvalue weighted by Gasteiger charge is -2.10. The van der Waals surface area contributed by atoms with Crippen LogP contribution in [-0.4, -0.2) is 48.1 Å². The van der Waals surface area contributed by atoms with Gasteiger partial charge in [0, 0.05) is 43.0 Å². The van der Waals surface area contributed by atoms with Crippen molar-refractivity contribution < 1.29 is 9.90 Å². The Labute approximate surface area is 170 Å². The Bertz CT molecular complexity index is 784. The molecule has 1 aromatic carbocycles. The monoisotopic (exact) mass is 403 g/mol. The van der Waals surface area contributed by atoms with E-state index in [2.05, 4.69) is 32.9 Å². The van der Waals surface area contributed by atoms with Crippen molar-refractivity contribution in [3.05, 3.63) is 45.4 Å². The number of phenolic OH excluding ortho intramolecular Hbond substituents is 1. The first-order valence-corrected chi connectivity index (χ1v) is 10.3. The van der Waals surface area contributed by atoms with Crippen molar-refractivity contribution in [2.75, 3.05) is 26.2 Å². The van der Waals surface area contributed by atoms with Gasteiger partial charge in [-0.05, 0) is 45.4 Å². The third-order valence-corrected chi connectivity index (χ3v) is 5.18. The van der Waals surface area contributed by atoms with E-state index in [1.54, 1.807) is 23.5 Å². The molecule has 0 saturated heterocycles. The van der Waals surface area contributed by atoms with Crippen LogP contribution in [0.15, 0.2) is 29.3 Å². The number of rotatable bonds is 9. The van der Waals surface area contributed by atoms with Crippen LogP contribution in [0.4, 0.5) is 0 Å². The van der Waals surface area contributed by atoms with E-state index in [1.165, 1.54) is 17.0 Å². The first-order chi connectivity index (χ1) is 13.5. The Morgan fingerprint density at radius 3 is 2.71 bits per heavy atom. The van der Waals surface area contributed by atoms with Gasteiger partial charge in [-0.25, -0.2) is 4.98 Å². The minimum absolute atomic E-state index is 0.0849. The van der Waals surface area contributed by atoms with Crippen LogP contribution in [-0.2, 0) is 6.42 Å². The van der Waals surface area contributed by atoms with Crippen LogP contribution in [0.5, 0.6) is 5.75 Å². The van der Waals surface area contributed by atoms with Gasteiger partial charge >= 0.3 is 0 Å². The minimum Gasteiger partial charge on any atom is -0.508 e. The summed E-state index contributed by atoms with van der Waals surface area (Å²) in [5.74, 6) is 0.660. The molecule has 0 bridgehead atoms. The van der Waals surface area contributed by atoms with Gasteiger partial charge in [-0.15, -0.1) is 11.3 Å². The second-order valence-corrected chi connectivity index (χ2v) is 7.63. The van der Waals surface area contributed by atoms with Gasteiger partial charge in [0.25, 0.3) is 5.91 Å². The predicted octanol–water partition coefficient (Wildman–Crippen LogP) is 2.38. The zero-order valence-electron chi connectivity index (χ0n) is 16.7. The molecule has 8 heteroatoms. The molecule has 2 aromatic rings. The fourth-order valence-electron chi connectivity index (χ4n) is 2.50. The molecule has 0 unspecified atom stereocenters. The van der Waals surface area contributed by atoms with E-state index < -0.39 is 0 Å². The van der Waals surface area contributed by atoms with E-state index in [4.69, 9.17) is 0 Å². The number of benzene rings is 1. The van der Waals surface area contributed by atoms with Crippen molar-refractivity contribution >= 4 is 23.2 Å². The van der Waals surface area contributed by atoms with Gasteiger partial charge < -0.3 is 21.1 Å². The van der Waals surface area contributed by atoms with Crippen LogP contribution in [0.1, 0.15) is 39.3 Å². The number of aromatic nitrogens is 1. The number of aliphatic imine (C=N–C) groups is 1. The number of guanidine groups is 1. The normalized spacial score (nSPS) is 11.3. The van der Waals surface area contributed by atoms with Crippen LogP contribution >= 0.6 is 11.3 Å². The topological polar surface area (TPSA) is 98.6 Å². The van der Waals surface area contributed by atoms with E-state index >= 15 is 0 Å². The first kappa shape index (κ1) is 21.7. The molecule has 7 nitrogen and oxygen atoms in total. The van der Waals surface area contributed by atoms with Crippen LogP contribution in [0, 0.1) is 13.8 Å². The minimum atomic E-state index is -0.195. The second kappa shape index (κ2) is 11.3. The summed E-state index contributed by atoms with van der Waals surface area (Å²) >= 11 is 1.74. The number of hydrogen-bond donors (Lipinski definition) is 4. The molecule has 0 fully saturated rings. The summed E-state index contributed by atoms with van der Waals surface area (Å²) in [7, 11) is 0. The maximum absolute atomic E-state index is 12.0. The van der Waals surface area contributed by atoms with Crippen LogP contribution in [0.3, 0.4) is 0 Å². The third kappa shape index (κ3) is 7.19. The Hall–Kier alpha value is -2.61. The van der Waals surface area contributed by atoms with Gasteiger partial charge in [-0.1, -0.05) is 6.07 Å². The lowest BCUT2D eigenvalue weighted by atomic mass is 10.2. The van der Waals surface area contributed by atoms with Crippen molar-refractivity contribution in [2.24, 2.45) is 4.99 Å². The standard InChI is InChI=1S/C20H29N5O2S/c1-4-21-20(24-12-9-18-25-14(2)15(3)28-18)23-11-6-10-22-19(27)16-7-5-8-17(26)13-16/h5,7-8,13,26H,4,6,9-12H2,1-3H3,(H,22,27)(H2,21,23,24). The van der Waals surface area contributed by atoms with E-state index in [9.17, 15) is 9.90 Å². The van der Waals surface area contributed by atoms with Gasteiger partial charge in [0.15, 0.2) is 5.96 Å². The maximum atomic E-state index is 12.0. The number of thiazole rings is 1. The highest BCUT2D eigenvalue weighted by atomic mass is 32.1. The highest BCUT2D eigenvalue weighted by molar-refractivity contribution is 7.11. The van der Waals surface area contributed by atoms with Gasteiger partial charge in [0.1, 0.15) is 5.75 Å². The van der Waals surface area contributed by atoms with E-state index in [1.807, 2.05) is 13.8 Å². The lowest BCUT2D eigenvalue weighted by Crippen LogP contribution is -2.38. The number of carbonyl (C=O) groups excluding carboxylic acids is 1. The fourth-order valence-corrected chi connectivity index (χ4v) is 3.43. The van der Waals surface area contributed by atoms with Crippen molar-refractivity contribution in [1.29, 1.82) is 0 Å². The molecule has 0 aliphatic rings. The van der Waals surface area contributed by atoms with E-state index in [0.717, 1.165) is 42.6 Å². The smallest absolute Gasteiger partial charge is 0.251 e. The zero-order chi connectivity index (χ0) is 20.4. The summed E-state index contributed by atoms with van der Waals surface area (Å²) in [5, 5.41) is 19.9. The van der Waals surface area contributed by atoms with E-state index in [0.29, 0.717) is 18.7 Å². The third-order valence-electron chi connectivity index (χ3n) is 4.05. The molecule has 28 heavy (non-hydrogen) atoms. The number of carbonyl (C=O) groups is 1. The Kier molecular flexibility index (Phi) is 8.74. The number of phenols is 1. The SMILES string of the molecule is CCNC(=NCCCNC(=O)c1cccc(O)c1)NCCc1nc(C)c(C)s1. The molecule has 4 N–H and O–H groups in total. The number of amides is 1. The second-order valence-electron chi connectivity index (χ2n) is 6.35. The van der Waals surface area contributed by atoms with Crippen molar-refractivity contribution in [1.82, 2.24) is 20.9 Å². The van der Waals surface area contributed by atoms with Gasteiger partial charge in [-0.2, -0.15) is 0 Å². The van der Waals surface area contributed by atoms with Crippen LogP contribution in [0.2, 0.25) is 0 Å². The first-order valence-electron chi connectivity index (χ1n) is 9.52. The Morgan fingerprint density at radius 2 is 2.04 bits per heavy atom. The van der Waals surface area contributed by atoms with Gasteiger partial charge in [0.05, 0.1) is 10.7 Å². The zero-order valence-corrected chi connectivity index (χ0v) is 17.5. The summed E-state index contributed by atoms with van der Waals surface area (Å²) in [4.78, 5) is 22.4. The number of aromatic hydroxyl groups is 1.